The number of hydrogen-bond donors (Lipinski definition) is 1. The standard InChI is InChI=1S/C27H46O5/c1-5-6-7-8-9-10-11-12-23-13-15-24(16-14-23)19-25(32-26(29)21(2)3)17-18-31-27(30)22(4)20-28/h23-25,28H,2,4-20H2,1,3H3. The van der Waals surface area contributed by atoms with Gasteiger partial charge >= 0.3 is 11.9 Å². The molecule has 1 unspecified atom stereocenters. The van der Waals surface area contributed by atoms with Crippen LogP contribution >= 0.6 is 0 Å². The van der Waals surface area contributed by atoms with Crippen LogP contribution in [0, 0.1) is 11.8 Å². The molecule has 0 aromatic rings. The maximum Gasteiger partial charge on any atom is 0.335 e. The number of unbranched alkanes of at least 4 members (excludes halogenated alkanes) is 6. The third-order valence-corrected chi connectivity index (χ3v) is 6.55. The van der Waals surface area contributed by atoms with Crippen LogP contribution in [0.1, 0.15) is 104 Å². The van der Waals surface area contributed by atoms with Crippen molar-refractivity contribution in [1.82, 2.24) is 0 Å². The highest BCUT2D eigenvalue weighted by atomic mass is 16.6. The Kier molecular flexibility index (Phi) is 15.0. The van der Waals surface area contributed by atoms with E-state index in [9.17, 15) is 9.59 Å². The summed E-state index contributed by atoms with van der Waals surface area (Å²) >= 11 is 0. The summed E-state index contributed by atoms with van der Waals surface area (Å²) in [4.78, 5) is 23.7. The first kappa shape index (κ1) is 28.4. The smallest absolute Gasteiger partial charge is 0.335 e. The number of rotatable bonds is 17. The molecule has 184 valence electrons. The summed E-state index contributed by atoms with van der Waals surface area (Å²) in [7, 11) is 0. The van der Waals surface area contributed by atoms with Gasteiger partial charge in [0.1, 0.15) is 6.10 Å². The van der Waals surface area contributed by atoms with Crippen molar-refractivity contribution in [2.24, 2.45) is 11.8 Å². The minimum atomic E-state index is -0.608. The quantitative estimate of drug-likeness (QED) is 0.160. The molecule has 0 heterocycles. The predicted octanol–water partition coefficient (Wildman–Crippen LogP) is 6.29. The molecule has 0 aromatic carbocycles. The van der Waals surface area contributed by atoms with Crippen molar-refractivity contribution in [3.05, 3.63) is 24.3 Å². The van der Waals surface area contributed by atoms with Gasteiger partial charge in [0.2, 0.25) is 0 Å². The van der Waals surface area contributed by atoms with E-state index in [1.54, 1.807) is 6.92 Å². The molecule has 1 atom stereocenters. The van der Waals surface area contributed by atoms with Gasteiger partial charge in [0.25, 0.3) is 0 Å². The van der Waals surface area contributed by atoms with Gasteiger partial charge in [-0.15, -0.1) is 0 Å². The van der Waals surface area contributed by atoms with Crippen LogP contribution in [0.5, 0.6) is 0 Å². The average Bonchev–Trinajstić information content (AvgIpc) is 2.78. The number of esters is 2. The molecule has 0 aromatic heterocycles. The lowest BCUT2D eigenvalue weighted by atomic mass is 9.77. The second-order valence-electron chi connectivity index (χ2n) is 9.53. The van der Waals surface area contributed by atoms with E-state index >= 15 is 0 Å². The lowest BCUT2D eigenvalue weighted by Crippen LogP contribution is -2.26. The fourth-order valence-electron chi connectivity index (χ4n) is 4.44. The maximum absolute atomic E-state index is 12.1. The van der Waals surface area contributed by atoms with Crippen molar-refractivity contribution < 1.29 is 24.2 Å². The molecule has 1 saturated carbocycles. The van der Waals surface area contributed by atoms with Gasteiger partial charge in [-0.1, -0.05) is 97.1 Å². The van der Waals surface area contributed by atoms with E-state index in [-0.39, 0.29) is 18.3 Å². The summed E-state index contributed by atoms with van der Waals surface area (Å²) in [5.74, 6) is 0.368. The van der Waals surface area contributed by atoms with Gasteiger partial charge in [0.05, 0.1) is 18.8 Å². The van der Waals surface area contributed by atoms with Gasteiger partial charge in [0.15, 0.2) is 0 Å². The van der Waals surface area contributed by atoms with E-state index in [1.807, 2.05) is 0 Å². The maximum atomic E-state index is 12.1. The molecular formula is C27H46O5. The Bertz CT molecular complexity index is 575. The van der Waals surface area contributed by atoms with E-state index in [0.29, 0.717) is 17.9 Å². The van der Waals surface area contributed by atoms with E-state index < -0.39 is 18.5 Å². The number of aliphatic hydroxyl groups is 1. The second kappa shape index (κ2) is 16.9. The van der Waals surface area contributed by atoms with Crippen LogP contribution in [-0.2, 0) is 19.1 Å². The predicted molar refractivity (Wildman–Crippen MR) is 129 cm³/mol. The van der Waals surface area contributed by atoms with Gasteiger partial charge in [-0.25, -0.2) is 9.59 Å². The number of ether oxygens (including phenoxy) is 2. The largest absolute Gasteiger partial charge is 0.462 e. The van der Waals surface area contributed by atoms with E-state index in [1.165, 1.54) is 77.0 Å². The van der Waals surface area contributed by atoms with Gasteiger partial charge in [-0.2, -0.15) is 0 Å². The van der Waals surface area contributed by atoms with Crippen molar-refractivity contribution in [2.75, 3.05) is 13.2 Å². The number of hydrogen-bond acceptors (Lipinski definition) is 5. The van der Waals surface area contributed by atoms with Crippen LogP contribution in [0.15, 0.2) is 24.3 Å². The van der Waals surface area contributed by atoms with Gasteiger partial charge in [-0.3, -0.25) is 0 Å². The summed E-state index contributed by atoms with van der Waals surface area (Å²) in [6, 6.07) is 0. The van der Waals surface area contributed by atoms with Crippen LogP contribution in [0.4, 0.5) is 0 Å². The zero-order chi connectivity index (χ0) is 23.8. The van der Waals surface area contributed by atoms with E-state index in [4.69, 9.17) is 14.6 Å². The SMILES string of the molecule is C=C(C)C(=O)OC(CCOC(=O)C(=C)CO)CC1CCC(CCCCCCCCC)CC1. The Morgan fingerprint density at radius 2 is 1.53 bits per heavy atom. The molecule has 1 N–H and O–H groups in total. The van der Waals surface area contributed by atoms with E-state index in [2.05, 4.69) is 20.1 Å². The highest BCUT2D eigenvalue weighted by Gasteiger charge is 2.26. The van der Waals surface area contributed by atoms with Crippen LogP contribution in [0.2, 0.25) is 0 Å². The summed E-state index contributed by atoms with van der Waals surface area (Å²) < 4.78 is 10.8. The average molecular weight is 451 g/mol. The molecule has 1 aliphatic carbocycles. The Morgan fingerprint density at radius 3 is 2.12 bits per heavy atom. The van der Waals surface area contributed by atoms with Crippen molar-refractivity contribution in [2.45, 2.75) is 110 Å². The molecule has 1 rings (SSSR count). The molecule has 0 spiro atoms. The molecule has 1 aliphatic rings. The molecule has 0 radical (unpaired) electrons. The first-order chi connectivity index (χ1) is 15.4. The zero-order valence-electron chi connectivity index (χ0n) is 20.5. The highest BCUT2D eigenvalue weighted by molar-refractivity contribution is 5.88. The zero-order valence-corrected chi connectivity index (χ0v) is 20.5. The molecule has 0 bridgehead atoms. The van der Waals surface area contributed by atoms with Crippen molar-refractivity contribution in [3.8, 4) is 0 Å². The number of aliphatic hydroxyl groups excluding tert-OH is 1. The van der Waals surface area contributed by atoms with Gasteiger partial charge in [0, 0.05) is 12.0 Å². The lowest BCUT2D eigenvalue weighted by molar-refractivity contribution is -0.147. The third kappa shape index (κ3) is 12.4. The third-order valence-electron chi connectivity index (χ3n) is 6.55. The topological polar surface area (TPSA) is 72.8 Å². The molecule has 1 fully saturated rings. The van der Waals surface area contributed by atoms with Crippen LogP contribution < -0.4 is 0 Å². The molecule has 0 aliphatic heterocycles. The van der Waals surface area contributed by atoms with Crippen molar-refractivity contribution in [3.63, 3.8) is 0 Å². The van der Waals surface area contributed by atoms with Gasteiger partial charge in [-0.05, 0) is 25.2 Å². The molecular weight excluding hydrogens is 404 g/mol. The normalized spacial score (nSPS) is 19.2. The Hall–Kier alpha value is -1.62. The molecule has 0 saturated heterocycles. The van der Waals surface area contributed by atoms with Crippen molar-refractivity contribution in [1.29, 1.82) is 0 Å². The van der Waals surface area contributed by atoms with Gasteiger partial charge < -0.3 is 14.6 Å². The Morgan fingerprint density at radius 1 is 0.938 bits per heavy atom. The summed E-state index contributed by atoms with van der Waals surface area (Å²) in [5, 5.41) is 8.96. The molecule has 32 heavy (non-hydrogen) atoms. The van der Waals surface area contributed by atoms with Crippen LogP contribution in [0.3, 0.4) is 0 Å². The van der Waals surface area contributed by atoms with Crippen LogP contribution in [-0.4, -0.2) is 36.4 Å². The second-order valence-corrected chi connectivity index (χ2v) is 9.53. The molecule has 0 amide bonds. The Balaban J connectivity index is 2.35. The van der Waals surface area contributed by atoms with Crippen molar-refractivity contribution >= 4 is 11.9 Å². The first-order valence-electron chi connectivity index (χ1n) is 12.7. The number of carbonyl (C=O) groups is 2. The number of carbonyl (C=O) groups excluding carboxylic acids is 2. The fraction of sp³-hybridized carbons (Fsp3) is 0.778. The summed E-state index contributed by atoms with van der Waals surface area (Å²) in [5.41, 5.74) is 0.402. The minimum absolute atomic E-state index is 0.0276. The molecule has 5 heteroatoms. The Labute approximate surface area is 195 Å². The van der Waals surface area contributed by atoms with E-state index in [0.717, 1.165) is 12.3 Å². The minimum Gasteiger partial charge on any atom is -0.462 e. The fourth-order valence-corrected chi connectivity index (χ4v) is 4.44. The van der Waals surface area contributed by atoms with Crippen LogP contribution in [0.25, 0.3) is 0 Å². The first-order valence-corrected chi connectivity index (χ1v) is 12.7. The molecule has 5 nitrogen and oxygen atoms in total. The highest BCUT2D eigenvalue weighted by Crippen LogP contribution is 2.35. The summed E-state index contributed by atoms with van der Waals surface area (Å²) in [6.45, 7) is 10.7. The lowest BCUT2D eigenvalue weighted by Gasteiger charge is -2.31. The monoisotopic (exact) mass is 450 g/mol. The summed E-state index contributed by atoms with van der Waals surface area (Å²) in [6.07, 6.45) is 16.7.